The molecule has 0 aromatic heterocycles. The summed E-state index contributed by atoms with van der Waals surface area (Å²) in [5.41, 5.74) is 0.913. The lowest BCUT2D eigenvalue weighted by Gasteiger charge is -2.11. The van der Waals surface area contributed by atoms with Crippen LogP contribution in [0.25, 0.3) is 6.08 Å². The molecule has 2 aromatic carbocycles. The first-order valence-corrected chi connectivity index (χ1v) is 12.3. The van der Waals surface area contributed by atoms with Gasteiger partial charge in [-0.2, -0.15) is 25.3 Å². The minimum Gasteiger partial charge on any atom is -0.508 e. The van der Waals surface area contributed by atoms with E-state index in [4.69, 9.17) is 18.9 Å². The second-order valence-electron chi connectivity index (χ2n) is 7.84. The van der Waals surface area contributed by atoms with E-state index in [1.54, 1.807) is 12.1 Å². The van der Waals surface area contributed by atoms with Crippen molar-refractivity contribution in [2.24, 2.45) is 0 Å². The SMILES string of the molecule is O=C(C=Cc1ccc(O)c(CO)c1)Oc1cc2c(cc1OC(=O)CCCCC(S)CCS)OCO2. The maximum absolute atomic E-state index is 12.4. The van der Waals surface area contributed by atoms with E-state index in [2.05, 4.69) is 25.3 Å². The maximum Gasteiger partial charge on any atom is 0.336 e. The number of benzene rings is 2. The summed E-state index contributed by atoms with van der Waals surface area (Å²) in [7, 11) is 0. The van der Waals surface area contributed by atoms with Crippen molar-refractivity contribution in [2.75, 3.05) is 12.5 Å². The van der Waals surface area contributed by atoms with Crippen molar-refractivity contribution in [1.82, 2.24) is 0 Å². The van der Waals surface area contributed by atoms with E-state index >= 15 is 0 Å². The molecule has 2 aromatic rings. The zero-order valence-corrected chi connectivity index (χ0v) is 20.8. The average molecular weight is 521 g/mol. The van der Waals surface area contributed by atoms with Crippen LogP contribution in [0.5, 0.6) is 28.7 Å². The Balaban J connectivity index is 1.63. The number of hydrogen-bond donors (Lipinski definition) is 4. The number of hydrogen-bond acceptors (Lipinski definition) is 10. The summed E-state index contributed by atoms with van der Waals surface area (Å²) in [5, 5.41) is 19.2. The Labute approximate surface area is 214 Å². The molecule has 1 atom stereocenters. The average Bonchev–Trinajstić information content (AvgIpc) is 3.29. The molecule has 0 amide bonds. The highest BCUT2D eigenvalue weighted by Gasteiger charge is 2.22. The first-order valence-electron chi connectivity index (χ1n) is 11.2. The lowest BCUT2D eigenvalue weighted by molar-refractivity contribution is -0.135. The predicted octanol–water partition coefficient (Wildman–Crippen LogP) is 4.32. The zero-order chi connectivity index (χ0) is 25.2. The van der Waals surface area contributed by atoms with Gasteiger partial charge in [-0.3, -0.25) is 4.79 Å². The van der Waals surface area contributed by atoms with Crippen LogP contribution in [0.2, 0.25) is 0 Å². The summed E-state index contributed by atoms with van der Waals surface area (Å²) < 4.78 is 21.6. The predicted molar refractivity (Wildman–Crippen MR) is 137 cm³/mol. The van der Waals surface area contributed by atoms with E-state index in [0.717, 1.165) is 25.0 Å². The molecule has 3 rings (SSSR count). The van der Waals surface area contributed by atoms with Gasteiger partial charge in [-0.1, -0.05) is 12.5 Å². The number of aromatic hydroxyl groups is 1. The molecule has 0 saturated heterocycles. The van der Waals surface area contributed by atoms with Gasteiger partial charge < -0.3 is 29.2 Å². The third kappa shape index (κ3) is 8.12. The van der Waals surface area contributed by atoms with Gasteiger partial charge >= 0.3 is 11.9 Å². The van der Waals surface area contributed by atoms with Crippen LogP contribution < -0.4 is 18.9 Å². The topological polar surface area (TPSA) is 112 Å². The Morgan fingerprint density at radius 3 is 2.46 bits per heavy atom. The number of ether oxygens (including phenoxy) is 4. The molecule has 1 aliphatic heterocycles. The number of rotatable bonds is 12. The number of aliphatic hydroxyl groups excluding tert-OH is 1. The molecule has 0 spiro atoms. The fourth-order valence-electron chi connectivity index (χ4n) is 3.32. The Morgan fingerprint density at radius 2 is 1.77 bits per heavy atom. The van der Waals surface area contributed by atoms with Crippen molar-refractivity contribution in [3.05, 3.63) is 47.5 Å². The minimum atomic E-state index is -0.719. The second-order valence-corrected chi connectivity index (χ2v) is 9.02. The number of esters is 2. The molecule has 35 heavy (non-hydrogen) atoms. The molecule has 0 saturated carbocycles. The number of carbonyl (C=O) groups is 2. The monoisotopic (exact) mass is 520 g/mol. The lowest BCUT2D eigenvalue weighted by atomic mass is 10.1. The number of thiol groups is 2. The van der Waals surface area contributed by atoms with Crippen molar-refractivity contribution in [1.29, 1.82) is 0 Å². The first-order chi connectivity index (χ1) is 16.9. The lowest BCUT2D eigenvalue weighted by Crippen LogP contribution is -2.11. The van der Waals surface area contributed by atoms with Gasteiger partial charge in [0.05, 0.1) is 6.61 Å². The summed E-state index contributed by atoms with van der Waals surface area (Å²) in [6.45, 7) is -0.333. The van der Waals surface area contributed by atoms with Gasteiger partial charge in [-0.05, 0) is 48.8 Å². The van der Waals surface area contributed by atoms with Crippen LogP contribution in [0.1, 0.15) is 43.2 Å². The summed E-state index contributed by atoms with van der Waals surface area (Å²) in [5.74, 6) is 0.377. The summed E-state index contributed by atoms with van der Waals surface area (Å²) in [6.07, 6.45) is 6.14. The smallest absolute Gasteiger partial charge is 0.336 e. The van der Waals surface area contributed by atoms with Crippen molar-refractivity contribution in [2.45, 2.75) is 44.0 Å². The molecule has 2 N–H and O–H groups in total. The molecule has 0 aliphatic carbocycles. The molecule has 1 unspecified atom stereocenters. The van der Waals surface area contributed by atoms with Gasteiger partial charge in [0.15, 0.2) is 23.0 Å². The van der Waals surface area contributed by atoms with E-state index in [0.29, 0.717) is 29.0 Å². The largest absolute Gasteiger partial charge is 0.508 e. The van der Waals surface area contributed by atoms with Crippen LogP contribution in [0.15, 0.2) is 36.4 Å². The molecular formula is C25H28O8S2. The molecule has 1 heterocycles. The van der Waals surface area contributed by atoms with Crippen molar-refractivity contribution in [3.8, 4) is 28.7 Å². The Kier molecular flexibility index (Phi) is 10.2. The van der Waals surface area contributed by atoms with Gasteiger partial charge in [0.1, 0.15) is 5.75 Å². The number of aliphatic hydroxyl groups is 1. The molecule has 1 aliphatic rings. The Hall–Kier alpha value is -2.82. The highest BCUT2D eigenvalue weighted by atomic mass is 32.1. The first kappa shape index (κ1) is 26.8. The van der Waals surface area contributed by atoms with Crippen LogP contribution in [0.4, 0.5) is 0 Å². The summed E-state index contributed by atoms with van der Waals surface area (Å²) >= 11 is 8.68. The molecule has 0 fully saturated rings. The summed E-state index contributed by atoms with van der Waals surface area (Å²) in [4.78, 5) is 24.8. The van der Waals surface area contributed by atoms with Crippen LogP contribution in [-0.2, 0) is 16.2 Å². The second kappa shape index (κ2) is 13.3. The highest BCUT2D eigenvalue weighted by molar-refractivity contribution is 7.81. The molecular weight excluding hydrogens is 492 g/mol. The number of fused-ring (bicyclic) bond motifs is 1. The van der Waals surface area contributed by atoms with E-state index in [9.17, 15) is 19.8 Å². The normalized spacial score (nSPS) is 13.1. The fraction of sp³-hybridized carbons (Fsp3) is 0.360. The van der Waals surface area contributed by atoms with Crippen molar-refractivity contribution < 1.29 is 38.7 Å². The zero-order valence-electron chi connectivity index (χ0n) is 19.0. The molecule has 10 heteroatoms. The third-order valence-corrected chi connectivity index (χ3v) is 5.96. The van der Waals surface area contributed by atoms with E-state index in [1.165, 1.54) is 30.4 Å². The Bertz CT molecular complexity index is 1070. The van der Waals surface area contributed by atoms with Crippen LogP contribution in [0, 0.1) is 0 Å². The standard InChI is InChI=1S/C25H28O8S2/c26-14-17-11-16(5-7-19(17)27)6-8-25(29)33-23-13-21-20(30-15-31-21)12-22(23)32-24(28)4-2-1-3-18(35)9-10-34/h5-8,11-13,18,26-27,34-35H,1-4,9-10,14-15H2. The highest BCUT2D eigenvalue weighted by Crippen LogP contribution is 2.42. The van der Waals surface area contributed by atoms with Crippen LogP contribution in [-0.4, -0.2) is 39.9 Å². The van der Waals surface area contributed by atoms with Crippen LogP contribution >= 0.6 is 25.3 Å². The van der Waals surface area contributed by atoms with Gasteiger partial charge in [0.25, 0.3) is 0 Å². The third-order valence-electron chi connectivity index (χ3n) is 5.19. The van der Waals surface area contributed by atoms with E-state index in [-0.39, 0.29) is 42.3 Å². The molecule has 0 bridgehead atoms. The number of carbonyl (C=O) groups excluding carboxylic acids is 2. The number of unbranched alkanes of at least 4 members (excludes halogenated alkanes) is 1. The molecule has 8 nitrogen and oxygen atoms in total. The van der Waals surface area contributed by atoms with E-state index in [1.807, 2.05) is 0 Å². The quantitative estimate of drug-likeness (QED) is 0.108. The van der Waals surface area contributed by atoms with Crippen molar-refractivity contribution >= 4 is 43.3 Å². The van der Waals surface area contributed by atoms with Gasteiger partial charge in [-0.15, -0.1) is 0 Å². The summed E-state index contributed by atoms with van der Waals surface area (Å²) in [6, 6.07) is 7.44. The Morgan fingerprint density at radius 1 is 1.06 bits per heavy atom. The van der Waals surface area contributed by atoms with E-state index < -0.39 is 11.9 Å². The van der Waals surface area contributed by atoms with Crippen LogP contribution in [0.3, 0.4) is 0 Å². The maximum atomic E-state index is 12.4. The van der Waals surface area contributed by atoms with Crippen molar-refractivity contribution in [3.63, 3.8) is 0 Å². The van der Waals surface area contributed by atoms with Gasteiger partial charge in [0.2, 0.25) is 6.79 Å². The fourth-order valence-corrected chi connectivity index (χ4v) is 4.15. The molecule has 0 radical (unpaired) electrons. The number of phenols is 1. The van der Waals surface area contributed by atoms with Gasteiger partial charge in [-0.25, -0.2) is 4.79 Å². The molecule has 188 valence electrons. The van der Waals surface area contributed by atoms with Gasteiger partial charge in [0, 0.05) is 35.4 Å². The minimum absolute atomic E-state index is 0.00520.